The summed E-state index contributed by atoms with van der Waals surface area (Å²) in [6, 6.07) is 56.2. The predicted octanol–water partition coefficient (Wildman–Crippen LogP) is 14.6. The van der Waals surface area contributed by atoms with E-state index in [1.54, 1.807) is 11.1 Å². The Kier molecular flexibility index (Phi) is 5.77. The SMILES string of the molecule is c1ccc2cc3c(cc2c1)-c1cc(-c2c4ccccc4c(-c4cccc5c4sc4ccccc45)c4ccccc24)ccc1C31C2CC3CC(C2)CC1C3. The number of benzene rings is 8. The van der Waals surface area contributed by atoms with Crippen molar-refractivity contribution in [2.75, 3.05) is 0 Å². The molecule has 0 aliphatic heterocycles. The third kappa shape index (κ3) is 3.76. The minimum atomic E-state index is 0.150. The van der Waals surface area contributed by atoms with E-state index in [9.17, 15) is 0 Å². The van der Waals surface area contributed by atoms with Crippen molar-refractivity contribution in [3.63, 3.8) is 0 Å². The van der Waals surface area contributed by atoms with Gasteiger partial charge in [0.05, 0.1) is 0 Å². The molecule has 0 N–H and O–H groups in total. The fraction of sp³-hybridized carbons (Fsp3) is 0.192. The van der Waals surface area contributed by atoms with Gasteiger partial charge in [-0.15, -0.1) is 11.3 Å². The van der Waals surface area contributed by atoms with Crippen molar-refractivity contribution >= 4 is 63.8 Å². The Bertz CT molecular complexity index is 2940. The van der Waals surface area contributed by atoms with Gasteiger partial charge in [0.25, 0.3) is 0 Å². The van der Waals surface area contributed by atoms with Crippen molar-refractivity contribution in [1.29, 1.82) is 0 Å². The van der Waals surface area contributed by atoms with E-state index in [-0.39, 0.29) is 5.41 Å². The fourth-order valence-electron chi connectivity index (χ4n) is 12.7. The van der Waals surface area contributed by atoms with E-state index >= 15 is 0 Å². The molecule has 5 aliphatic rings. The Morgan fingerprint density at radius 2 is 0.981 bits per heavy atom. The monoisotopic (exact) mass is 694 g/mol. The summed E-state index contributed by atoms with van der Waals surface area (Å²) in [5.41, 5.74) is 11.8. The summed E-state index contributed by atoms with van der Waals surface area (Å²) >= 11 is 1.93. The second kappa shape index (κ2) is 10.5. The van der Waals surface area contributed by atoms with E-state index in [0.29, 0.717) is 0 Å². The molecule has 1 heteroatoms. The molecule has 4 saturated carbocycles. The normalized spacial score (nSPS) is 23.9. The van der Waals surface area contributed by atoms with Gasteiger partial charge in [-0.05, 0) is 151 Å². The molecule has 0 unspecified atom stereocenters. The van der Waals surface area contributed by atoms with E-state index in [1.165, 1.54) is 118 Å². The molecule has 1 heterocycles. The van der Waals surface area contributed by atoms with E-state index < -0.39 is 0 Å². The first kappa shape index (κ1) is 29.2. The maximum absolute atomic E-state index is 2.63. The second-order valence-electron chi connectivity index (χ2n) is 16.8. The lowest BCUT2D eigenvalue weighted by Crippen LogP contribution is -2.55. The largest absolute Gasteiger partial charge is 0.135 e. The van der Waals surface area contributed by atoms with Crippen molar-refractivity contribution in [3.05, 3.63) is 157 Å². The van der Waals surface area contributed by atoms with Crippen LogP contribution < -0.4 is 0 Å². The molecule has 53 heavy (non-hydrogen) atoms. The molecule has 9 aromatic rings. The van der Waals surface area contributed by atoms with E-state index in [0.717, 1.165) is 23.7 Å². The van der Waals surface area contributed by atoms with Crippen LogP contribution in [0.3, 0.4) is 0 Å². The lowest BCUT2D eigenvalue weighted by Gasteiger charge is -2.61. The van der Waals surface area contributed by atoms with Gasteiger partial charge in [0.2, 0.25) is 0 Å². The molecule has 0 nitrogen and oxygen atoms in total. The molecular weight excluding hydrogens is 657 g/mol. The molecule has 1 spiro atoms. The van der Waals surface area contributed by atoms with Crippen LogP contribution in [0.5, 0.6) is 0 Å². The van der Waals surface area contributed by atoms with Crippen molar-refractivity contribution < 1.29 is 0 Å². The minimum Gasteiger partial charge on any atom is -0.135 e. The van der Waals surface area contributed by atoms with Gasteiger partial charge >= 0.3 is 0 Å². The molecule has 252 valence electrons. The average Bonchev–Trinajstić information content (AvgIpc) is 3.71. The van der Waals surface area contributed by atoms with Crippen LogP contribution in [0.2, 0.25) is 0 Å². The summed E-state index contributed by atoms with van der Waals surface area (Å²) in [6.45, 7) is 0. The first-order valence-electron chi connectivity index (χ1n) is 19.8. The van der Waals surface area contributed by atoms with E-state index in [1.807, 2.05) is 11.3 Å². The smallest absolute Gasteiger partial charge is 0.0434 e. The summed E-state index contributed by atoms with van der Waals surface area (Å²) in [5.74, 6) is 3.38. The molecular formula is C52H38S. The Morgan fingerprint density at radius 1 is 0.415 bits per heavy atom. The lowest BCUT2D eigenvalue weighted by atomic mass is 9.43. The first-order valence-corrected chi connectivity index (χ1v) is 20.6. The maximum atomic E-state index is 2.63. The Labute approximate surface area is 313 Å². The van der Waals surface area contributed by atoms with Crippen molar-refractivity contribution in [2.24, 2.45) is 23.7 Å². The summed E-state index contributed by atoms with van der Waals surface area (Å²) in [5, 5.41) is 10.8. The Hall–Kier alpha value is -5.24. The molecule has 14 rings (SSSR count). The van der Waals surface area contributed by atoms with Gasteiger partial charge < -0.3 is 0 Å². The fourth-order valence-corrected chi connectivity index (χ4v) is 13.9. The van der Waals surface area contributed by atoms with Gasteiger partial charge in [0, 0.05) is 31.2 Å². The second-order valence-corrected chi connectivity index (χ2v) is 17.9. The summed E-state index contributed by atoms with van der Waals surface area (Å²) in [6.07, 6.45) is 7.11. The quantitative estimate of drug-likeness (QED) is 0.158. The number of fused-ring (bicyclic) bond motifs is 9. The molecule has 8 aromatic carbocycles. The highest BCUT2D eigenvalue weighted by molar-refractivity contribution is 7.26. The van der Waals surface area contributed by atoms with Crippen molar-refractivity contribution in [2.45, 2.75) is 37.5 Å². The van der Waals surface area contributed by atoms with Gasteiger partial charge in [-0.25, -0.2) is 0 Å². The van der Waals surface area contributed by atoms with Gasteiger partial charge in [0.15, 0.2) is 0 Å². The zero-order chi connectivity index (χ0) is 34.4. The first-order chi connectivity index (χ1) is 26.2. The van der Waals surface area contributed by atoms with E-state index in [4.69, 9.17) is 0 Å². The standard InChI is InChI=1S/C52H38S/c1-2-11-33-29-47-45(27-32(33)10-1)44-28-34(20-21-46(44)52(47)35-23-30-22-31(25-35)26-36(52)24-30)49-38-13-3-5-15-40(38)50(41-16-6-4-14-39(41)49)43-18-9-17-42-37-12-7-8-19-48(37)53-51(42)43/h1-21,27-31,35-36H,22-26H2. The van der Waals surface area contributed by atoms with Gasteiger partial charge in [0.1, 0.15) is 0 Å². The Balaban J connectivity index is 1.09. The lowest BCUT2D eigenvalue weighted by molar-refractivity contribution is -0.0398. The van der Waals surface area contributed by atoms with Crippen LogP contribution in [0.25, 0.3) is 85.9 Å². The van der Waals surface area contributed by atoms with Crippen molar-refractivity contribution in [3.8, 4) is 33.4 Å². The third-order valence-electron chi connectivity index (χ3n) is 14.4. The topological polar surface area (TPSA) is 0 Å². The molecule has 4 fully saturated rings. The van der Waals surface area contributed by atoms with Crippen LogP contribution >= 0.6 is 11.3 Å². The summed E-state index contributed by atoms with van der Waals surface area (Å²) in [7, 11) is 0. The minimum absolute atomic E-state index is 0.150. The predicted molar refractivity (Wildman–Crippen MR) is 226 cm³/mol. The number of thiophene rings is 1. The summed E-state index contributed by atoms with van der Waals surface area (Å²) < 4.78 is 2.72. The van der Waals surface area contributed by atoms with Crippen LogP contribution in [0, 0.1) is 23.7 Å². The van der Waals surface area contributed by atoms with E-state index in [2.05, 4.69) is 146 Å². The maximum Gasteiger partial charge on any atom is 0.0434 e. The molecule has 0 amide bonds. The summed E-state index contributed by atoms with van der Waals surface area (Å²) in [4.78, 5) is 0. The van der Waals surface area contributed by atoms with Crippen LogP contribution in [0.15, 0.2) is 146 Å². The highest BCUT2D eigenvalue weighted by Gasteiger charge is 2.61. The van der Waals surface area contributed by atoms with Gasteiger partial charge in [-0.2, -0.15) is 0 Å². The number of rotatable bonds is 2. The van der Waals surface area contributed by atoms with Gasteiger partial charge in [-0.1, -0.05) is 121 Å². The molecule has 5 aliphatic carbocycles. The Morgan fingerprint density at radius 3 is 1.68 bits per heavy atom. The molecule has 4 bridgehead atoms. The highest BCUT2D eigenvalue weighted by Crippen LogP contribution is 2.70. The zero-order valence-corrected chi connectivity index (χ0v) is 30.4. The zero-order valence-electron chi connectivity index (χ0n) is 29.6. The van der Waals surface area contributed by atoms with Crippen LogP contribution in [0.4, 0.5) is 0 Å². The number of hydrogen-bond donors (Lipinski definition) is 0. The molecule has 0 saturated heterocycles. The highest BCUT2D eigenvalue weighted by atomic mass is 32.1. The average molecular weight is 695 g/mol. The third-order valence-corrected chi connectivity index (χ3v) is 15.6. The number of hydrogen-bond acceptors (Lipinski definition) is 1. The van der Waals surface area contributed by atoms with Gasteiger partial charge in [-0.3, -0.25) is 0 Å². The van der Waals surface area contributed by atoms with Crippen LogP contribution in [-0.4, -0.2) is 0 Å². The molecule has 0 radical (unpaired) electrons. The van der Waals surface area contributed by atoms with Crippen LogP contribution in [-0.2, 0) is 5.41 Å². The van der Waals surface area contributed by atoms with Crippen LogP contribution in [0.1, 0.15) is 43.2 Å². The molecule has 1 aromatic heterocycles. The van der Waals surface area contributed by atoms with Crippen molar-refractivity contribution in [1.82, 2.24) is 0 Å². The molecule has 0 atom stereocenters.